The molecule has 6 nitrogen and oxygen atoms in total. The van der Waals surface area contributed by atoms with Gasteiger partial charge in [0.05, 0.1) is 35.7 Å². The second-order valence-electron chi connectivity index (χ2n) is 6.83. The molecular formula is C21H19Cl2N3O3. The molecule has 4 rings (SSSR count). The number of pyridine rings is 1. The van der Waals surface area contributed by atoms with Crippen LogP contribution >= 0.6 is 23.2 Å². The molecule has 0 spiro atoms. The lowest BCUT2D eigenvalue weighted by Gasteiger charge is -2.27. The summed E-state index contributed by atoms with van der Waals surface area (Å²) in [6, 6.07) is 10.2. The van der Waals surface area contributed by atoms with Gasteiger partial charge in [0.25, 0.3) is 0 Å². The molecule has 1 aliphatic rings. The van der Waals surface area contributed by atoms with E-state index in [0.717, 1.165) is 35.2 Å². The van der Waals surface area contributed by atoms with Crippen molar-refractivity contribution in [2.24, 2.45) is 0 Å². The molecular weight excluding hydrogens is 413 g/mol. The summed E-state index contributed by atoms with van der Waals surface area (Å²) in [6.45, 7) is 3.70. The number of hydrogen-bond donors (Lipinski definition) is 2. The van der Waals surface area contributed by atoms with Gasteiger partial charge < -0.3 is 15.2 Å². The highest BCUT2D eigenvalue weighted by Crippen LogP contribution is 2.33. The van der Waals surface area contributed by atoms with Gasteiger partial charge in [0.1, 0.15) is 0 Å². The van der Waals surface area contributed by atoms with E-state index in [1.54, 1.807) is 18.2 Å². The van der Waals surface area contributed by atoms with E-state index >= 15 is 0 Å². The minimum atomic E-state index is -1.05. The Morgan fingerprint density at radius 2 is 1.86 bits per heavy atom. The Kier molecular flexibility index (Phi) is 5.87. The highest BCUT2D eigenvalue weighted by atomic mass is 35.5. The van der Waals surface area contributed by atoms with Gasteiger partial charge >= 0.3 is 5.97 Å². The Morgan fingerprint density at radius 1 is 1.14 bits per heavy atom. The zero-order valence-electron chi connectivity index (χ0n) is 15.5. The van der Waals surface area contributed by atoms with Crippen molar-refractivity contribution in [3.8, 4) is 0 Å². The van der Waals surface area contributed by atoms with Crippen LogP contribution in [0.2, 0.25) is 10.0 Å². The van der Waals surface area contributed by atoms with Gasteiger partial charge in [-0.05, 0) is 36.4 Å². The highest BCUT2D eigenvalue weighted by molar-refractivity contribution is 6.31. The molecule has 2 N–H and O–H groups in total. The van der Waals surface area contributed by atoms with E-state index in [4.69, 9.17) is 27.9 Å². The molecule has 150 valence electrons. The van der Waals surface area contributed by atoms with Gasteiger partial charge in [0, 0.05) is 46.8 Å². The summed E-state index contributed by atoms with van der Waals surface area (Å²) in [6.07, 6.45) is 1.82. The van der Waals surface area contributed by atoms with Crippen molar-refractivity contribution in [3.63, 3.8) is 0 Å². The summed E-state index contributed by atoms with van der Waals surface area (Å²) in [5, 5.41) is 14.7. The van der Waals surface area contributed by atoms with Crippen LogP contribution in [0.5, 0.6) is 0 Å². The number of benzene rings is 2. The van der Waals surface area contributed by atoms with Gasteiger partial charge in [-0.1, -0.05) is 23.2 Å². The van der Waals surface area contributed by atoms with Crippen molar-refractivity contribution in [1.29, 1.82) is 0 Å². The molecule has 8 heteroatoms. The van der Waals surface area contributed by atoms with Crippen LogP contribution in [0, 0.1) is 0 Å². The molecule has 29 heavy (non-hydrogen) atoms. The normalized spacial score (nSPS) is 14.8. The topological polar surface area (TPSA) is 74.7 Å². The fraction of sp³-hybridized carbons (Fsp3) is 0.238. The maximum absolute atomic E-state index is 11.7. The van der Waals surface area contributed by atoms with E-state index in [1.165, 1.54) is 6.07 Å². The van der Waals surface area contributed by atoms with Gasteiger partial charge in [-0.3, -0.25) is 9.88 Å². The van der Waals surface area contributed by atoms with E-state index < -0.39 is 5.97 Å². The molecule has 0 radical (unpaired) electrons. The largest absolute Gasteiger partial charge is 0.478 e. The van der Waals surface area contributed by atoms with Crippen molar-refractivity contribution >= 4 is 51.4 Å². The minimum Gasteiger partial charge on any atom is -0.478 e. The number of aromatic carboxylic acids is 1. The Morgan fingerprint density at radius 3 is 2.62 bits per heavy atom. The lowest BCUT2D eigenvalue weighted by Crippen LogP contribution is -2.35. The molecule has 1 saturated heterocycles. The molecule has 2 heterocycles. The van der Waals surface area contributed by atoms with Crippen molar-refractivity contribution in [2.75, 3.05) is 31.6 Å². The van der Waals surface area contributed by atoms with Crippen molar-refractivity contribution in [2.45, 2.75) is 6.54 Å². The van der Waals surface area contributed by atoms with Gasteiger partial charge in [0.15, 0.2) is 0 Å². The Balaban J connectivity index is 1.81. The van der Waals surface area contributed by atoms with Crippen molar-refractivity contribution < 1.29 is 14.6 Å². The smallest absolute Gasteiger partial charge is 0.337 e. The van der Waals surface area contributed by atoms with Crippen LogP contribution in [0.4, 0.5) is 11.4 Å². The number of carboxylic acid groups (broad SMARTS) is 1. The van der Waals surface area contributed by atoms with E-state index in [-0.39, 0.29) is 5.56 Å². The van der Waals surface area contributed by atoms with Crippen LogP contribution < -0.4 is 5.32 Å². The van der Waals surface area contributed by atoms with Gasteiger partial charge in [-0.2, -0.15) is 0 Å². The first-order valence-corrected chi connectivity index (χ1v) is 9.94. The number of carboxylic acids is 1. The highest BCUT2D eigenvalue weighted by Gasteiger charge is 2.18. The summed E-state index contributed by atoms with van der Waals surface area (Å²) in [4.78, 5) is 18.6. The zero-order chi connectivity index (χ0) is 20.4. The molecule has 1 aliphatic heterocycles. The van der Waals surface area contributed by atoms with Crippen LogP contribution in [-0.4, -0.2) is 47.3 Å². The lowest BCUT2D eigenvalue weighted by atomic mass is 10.1. The average molecular weight is 432 g/mol. The predicted molar refractivity (Wildman–Crippen MR) is 115 cm³/mol. The quantitative estimate of drug-likeness (QED) is 0.603. The molecule has 0 saturated carbocycles. The molecule has 3 aromatic rings. The maximum Gasteiger partial charge on any atom is 0.337 e. The predicted octanol–water partition coefficient (Wildman–Crippen LogP) is 4.82. The van der Waals surface area contributed by atoms with Crippen LogP contribution in [0.3, 0.4) is 0 Å². The van der Waals surface area contributed by atoms with Gasteiger partial charge in [-0.25, -0.2) is 4.79 Å². The molecule has 0 aliphatic carbocycles. The van der Waals surface area contributed by atoms with Gasteiger partial charge in [-0.15, -0.1) is 0 Å². The number of halogens is 2. The van der Waals surface area contributed by atoms with E-state index in [0.29, 0.717) is 35.5 Å². The third kappa shape index (κ3) is 4.46. The number of ether oxygens (including phenoxy) is 1. The summed E-state index contributed by atoms with van der Waals surface area (Å²) < 4.78 is 5.43. The first kappa shape index (κ1) is 19.9. The summed E-state index contributed by atoms with van der Waals surface area (Å²) in [7, 11) is 0. The molecule has 1 aromatic heterocycles. The molecule has 0 atom stereocenters. The minimum absolute atomic E-state index is 0.0989. The molecule has 0 bridgehead atoms. The van der Waals surface area contributed by atoms with Crippen LogP contribution in [0.1, 0.15) is 15.9 Å². The van der Waals surface area contributed by atoms with E-state index in [2.05, 4.69) is 15.2 Å². The van der Waals surface area contributed by atoms with Crippen LogP contribution in [0.15, 0.2) is 42.6 Å². The number of carbonyl (C=O) groups is 1. The number of anilines is 2. The summed E-state index contributed by atoms with van der Waals surface area (Å²) >= 11 is 12.2. The lowest BCUT2D eigenvalue weighted by molar-refractivity contribution is 0.0342. The maximum atomic E-state index is 11.7. The summed E-state index contributed by atoms with van der Waals surface area (Å²) in [5.74, 6) is -1.05. The Bertz CT molecular complexity index is 1070. The number of fused-ring (bicyclic) bond motifs is 1. The number of rotatable bonds is 5. The first-order valence-electron chi connectivity index (χ1n) is 9.18. The van der Waals surface area contributed by atoms with E-state index in [1.807, 2.05) is 18.3 Å². The fourth-order valence-corrected chi connectivity index (χ4v) is 3.76. The SMILES string of the molecule is O=C(O)c1cc(Cl)ccc1Nc1c(CN2CCOCC2)cnc2ccc(Cl)cc12. The number of nitrogens with one attached hydrogen (secondary N) is 1. The molecule has 1 fully saturated rings. The number of morpholine rings is 1. The standard InChI is InChI=1S/C21H19Cl2N3O3/c22-14-1-3-18-16(9-14)20(13(11-24-18)12-26-5-7-29-8-6-26)25-19-4-2-15(23)10-17(19)21(27)28/h1-4,9-11H,5-8,12H2,(H,24,25)(H,27,28). The Hall–Kier alpha value is -2.38. The number of aromatic nitrogens is 1. The van der Waals surface area contributed by atoms with Crippen molar-refractivity contribution in [1.82, 2.24) is 9.88 Å². The molecule has 2 aromatic carbocycles. The first-order chi connectivity index (χ1) is 14.0. The van der Waals surface area contributed by atoms with Crippen LogP contribution in [0.25, 0.3) is 10.9 Å². The van der Waals surface area contributed by atoms with Gasteiger partial charge in [0.2, 0.25) is 0 Å². The monoisotopic (exact) mass is 431 g/mol. The van der Waals surface area contributed by atoms with Crippen LogP contribution in [-0.2, 0) is 11.3 Å². The third-order valence-electron chi connectivity index (χ3n) is 4.88. The van der Waals surface area contributed by atoms with Crippen molar-refractivity contribution in [3.05, 3.63) is 63.8 Å². The second-order valence-corrected chi connectivity index (χ2v) is 7.70. The summed E-state index contributed by atoms with van der Waals surface area (Å²) in [5.41, 5.74) is 3.06. The molecule has 0 unspecified atom stereocenters. The third-order valence-corrected chi connectivity index (χ3v) is 5.35. The molecule has 0 amide bonds. The van der Waals surface area contributed by atoms with E-state index in [9.17, 15) is 9.90 Å². The Labute approximate surface area is 178 Å². The second kappa shape index (κ2) is 8.55. The number of nitrogens with zero attached hydrogens (tertiary/aromatic N) is 2. The number of hydrogen-bond acceptors (Lipinski definition) is 5. The zero-order valence-corrected chi connectivity index (χ0v) is 17.0. The average Bonchev–Trinajstić information content (AvgIpc) is 2.71. The fourth-order valence-electron chi connectivity index (χ4n) is 3.41.